The third-order valence-electron chi connectivity index (χ3n) is 7.19. The SMILES string of the molecule is O=C(Nc1ccc(N2CCc3ccccc3C2)c(C(=O)NCCCN2CCOCC2)c1)c1ccc(Cl)cc1Cl. The van der Waals surface area contributed by atoms with E-state index in [0.717, 1.165) is 64.5 Å². The molecule has 2 N–H and O–H groups in total. The first-order valence-electron chi connectivity index (χ1n) is 13.3. The Balaban J connectivity index is 1.33. The number of ether oxygens (including phenoxy) is 1. The van der Waals surface area contributed by atoms with Crippen LogP contribution in [0.5, 0.6) is 0 Å². The second kappa shape index (κ2) is 12.8. The van der Waals surface area contributed by atoms with Gasteiger partial charge in [-0.05, 0) is 66.9 Å². The van der Waals surface area contributed by atoms with E-state index in [1.807, 2.05) is 18.2 Å². The lowest BCUT2D eigenvalue weighted by molar-refractivity contribution is 0.0374. The summed E-state index contributed by atoms with van der Waals surface area (Å²) >= 11 is 12.2. The molecule has 39 heavy (non-hydrogen) atoms. The third kappa shape index (κ3) is 6.92. The number of carbonyl (C=O) groups is 2. The molecule has 2 heterocycles. The summed E-state index contributed by atoms with van der Waals surface area (Å²) in [5.41, 5.74) is 4.80. The zero-order valence-corrected chi connectivity index (χ0v) is 23.2. The van der Waals surface area contributed by atoms with Crippen molar-refractivity contribution in [2.45, 2.75) is 19.4 Å². The fraction of sp³-hybridized carbons (Fsp3) is 0.333. The number of rotatable bonds is 8. The maximum absolute atomic E-state index is 13.5. The van der Waals surface area contributed by atoms with Crippen molar-refractivity contribution in [2.75, 3.05) is 56.2 Å². The fourth-order valence-corrected chi connectivity index (χ4v) is 5.56. The Hall–Kier alpha value is -3.10. The van der Waals surface area contributed by atoms with Crippen molar-refractivity contribution in [3.05, 3.63) is 93.0 Å². The normalized spacial score (nSPS) is 15.5. The minimum absolute atomic E-state index is 0.161. The van der Waals surface area contributed by atoms with Crippen molar-refractivity contribution in [1.29, 1.82) is 0 Å². The molecule has 0 aromatic heterocycles. The summed E-state index contributed by atoms with van der Waals surface area (Å²) in [6, 6.07) is 18.6. The number of hydrogen-bond acceptors (Lipinski definition) is 5. The van der Waals surface area contributed by atoms with Gasteiger partial charge in [-0.2, -0.15) is 0 Å². The smallest absolute Gasteiger partial charge is 0.257 e. The van der Waals surface area contributed by atoms with E-state index < -0.39 is 0 Å². The van der Waals surface area contributed by atoms with Crippen LogP contribution in [-0.2, 0) is 17.7 Å². The summed E-state index contributed by atoms with van der Waals surface area (Å²) in [7, 11) is 0. The number of amides is 2. The summed E-state index contributed by atoms with van der Waals surface area (Å²) in [6.07, 6.45) is 1.76. The molecule has 1 fully saturated rings. The van der Waals surface area contributed by atoms with E-state index in [1.165, 1.54) is 17.2 Å². The van der Waals surface area contributed by atoms with Gasteiger partial charge < -0.3 is 20.3 Å². The van der Waals surface area contributed by atoms with E-state index >= 15 is 0 Å². The minimum Gasteiger partial charge on any atom is -0.379 e. The molecule has 0 spiro atoms. The van der Waals surface area contributed by atoms with Crippen LogP contribution >= 0.6 is 23.2 Å². The predicted octanol–water partition coefficient (Wildman–Crippen LogP) is 5.26. The molecule has 1 saturated heterocycles. The molecule has 3 aromatic rings. The number of nitrogens with one attached hydrogen (secondary N) is 2. The number of hydrogen-bond donors (Lipinski definition) is 2. The molecule has 2 aliphatic heterocycles. The molecular formula is C30H32Cl2N4O3. The van der Waals surface area contributed by atoms with Gasteiger partial charge in [0.1, 0.15) is 0 Å². The van der Waals surface area contributed by atoms with E-state index in [0.29, 0.717) is 28.4 Å². The monoisotopic (exact) mass is 566 g/mol. The van der Waals surface area contributed by atoms with E-state index in [2.05, 4.69) is 38.6 Å². The molecule has 2 amide bonds. The molecule has 204 valence electrons. The Morgan fingerprint density at radius 3 is 2.46 bits per heavy atom. The molecule has 0 bridgehead atoms. The van der Waals surface area contributed by atoms with Gasteiger partial charge in [-0.15, -0.1) is 0 Å². The van der Waals surface area contributed by atoms with Crippen LogP contribution in [0, 0.1) is 0 Å². The first-order valence-corrected chi connectivity index (χ1v) is 14.0. The van der Waals surface area contributed by atoms with Crippen molar-refractivity contribution >= 4 is 46.4 Å². The number of benzene rings is 3. The van der Waals surface area contributed by atoms with Crippen molar-refractivity contribution in [1.82, 2.24) is 10.2 Å². The standard InChI is InChI=1S/C30H32Cl2N4O3/c31-23-6-8-25(27(32)18-23)30(38)34-24-7-9-28(36-13-10-21-4-1-2-5-22(21)20-36)26(19-24)29(37)33-11-3-12-35-14-16-39-17-15-35/h1-2,4-9,18-19H,3,10-17,20H2,(H,33,37)(H,34,38). The molecule has 5 rings (SSSR count). The van der Waals surface area contributed by atoms with Crippen LogP contribution in [0.4, 0.5) is 11.4 Å². The van der Waals surface area contributed by atoms with Crippen LogP contribution in [-0.4, -0.2) is 62.7 Å². The molecule has 0 radical (unpaired) electrons. The zero-order chi connectivity index (χ0) is 27.2. The van der Waals surface area contributed by atoms with Crippen LogP contribution in [0.15, 0.2) is 60.7 Å². The topological polar surface area (TPSA) is 73.9 Å². The second-order valence-corrected chi connectivity index (χ2v) is 10.7. The number of halogens is 2. The van der Waals surface area contributed by atoms with Crippen LogP contribution in [0.3, 0.4) is 0 Å². The number of anilines is 2. The third-order valence-corrected chi connectivity index (χ3v) is 7.73. The number of morpholine rings is 1. The number of carbonyl (C=O) groups excluding carboxylic acids is 2. The summed E-state index contributed by atoms with van der Waals surface area (Å²) in [6.45, 7) is 6.37. The van der Waals surface area contributed by atoms with E-state index in [9.17, 15) is 9.59 Å². The van der Waals surface area contributed by atoms with Crippen molar-refractivity contribution in [2.24, 2.45) is 0 Å². The molecule has 0 unspecified atom stereocenters. The van der Waals surface area contributed by atoms with Gasteiger partial charge in [0.2, 0.25) is 0 Å². The highest BCUT2D eigenvalue weighted by Crippen LogP contribution is 2.30. The molecule has 0 aliphatic carbocycles. The highest BCUT2D eigenvalue weighted by atomic mass is 35.5. The lowest BCUT2D eigenvalue weighted by Crippen LogP contribution is -2.38. The summed E-state index contributed by atoms with van der Waals surface area (Å²) < 4.78 is 5.41. The van der Waals surface area contributed by atoms with E-state index in [1.54, 1.807) is 18.2 Å². The Kier molecular flexibility index (Phi) is 9.04. The Morgan fingerprint density at radius 2 is 1.67 bits per heavy atom. The van der Waals surface area contributed by atoms with Crippen LogP contribution in [0.2, 0.25) is 10.0 Å². The van der Waals surface area contributed by atoms with Crippen molar-refractivity contribution in [3.63, 3.8) is 0 Å². The average molecular weight is 568 g/mol. The van der Waals surface area contributed by atoms with E-state index in [-0.39, 0.29) is 16.8 Å². The molecule has 0 atom stereocenters. The molecular weight excluding hydrogens is 535 g/mol. The predicted molar refractivity (Wildman–Crippen MR) is 156 cm³/mol. The summed E-state index contributed by atoms with van der Waals surface area (Å²) in [5, 5.41) is 6.70. The van der Waals surface area contributed by atoms with Gasteiger partial charge in [-0.25, -0.2) is 0 Å². The van der Waals surface area contributed by atoms with Crippen LogP contribution < -0.4 is 15.5 Å². The number of fused-ring (bicyclic) bond motifs is 1. The van der Waals surface area contributed by atoms with Gasteiger partial charge >= 0.3 is 0 Å². The quantitative estimate of drug-likeness (QED) is 0.364. The van der Waals surface area contributed by atoms with Crippen LogP contribution in [0.25, 0.3) is 0 Å². The fourth-order valence-electron chi connectivity index (χ4n) is 5.07. The summed E-state index contributed by atoms with van der Waals surface area (Å²) in [5.74, 6) is -0.528. The Bertz CT molecular complexity index is 1340. The second-order valence-electron chi connectivity index (χ2n) is 9.81. The maximum atomic E-state index is 13.5. The lowest BCUT2D eigenvalue weighted by Gasteiger charge is -2.32. The minimum atomic E-state index is -0.367. The average Bonchev–Trinajstić information content (AvgIpc) is 2.95. The maximum Gasteiger partial charge on any atom is 0.257 e. The largest absolute Gasteiger partial charge is 0.379 e. The van der Waals surface area contributed by atoms with E-state index in [4.69, 9.17) is 27.9 Å². The highest BCUT2D eigenvalue weighted by Gasteiger charge is 2.22. The zero-order valence-electron chi connectivity index (χ0n) is 21.7. The van der Waals surface area contributed by atoms with Crippen LogP contribution in [0.1, 0.15) is 38.3 Å². The molecule has 7 nitrogen and oxygen atoms in total. The highest BCUT2D eigenvalue weighted by molar-refractivity contribution is 6.37. The van der Waals surface area contributed by atoms with Gasteiger partial charge in [0.25, 0.3) is 11.8 Å². The lowest BCUT2D eigenvalue weighted by atomic mass is 9.98. The first-order chi connectivity index (χ1) is 19.0. The number of nitrogens with zero attached hydrogens (tertiary/aromatic N) is 2. The van der Waals surface area contributed by atoms with Gasteiger partial charge in [0.15, 0.2) is 0 Å². The van der Waals surface area contributed by atoms with Crippen molar-refractivity contribution in [3.8, 4) is 0 Å². The van der Waals surface area contributed by atoms with Gasteiger partial charge in [-0.3, -0.25) is 14.5 Å². The molecule has 2 aliphatic rings. The Labute approximate surface area is 239 Å². The molecule has 0 saturated carbocycles. The first kappa shape index (κ1) is 27.5. The molecule has 9 heteroatoms. The molecule has 3 aromatic carbocycles. The Morgan fingerprint density at radius 1 is 0.872 bits per heavy atom. The van der Waals surface area contributed by atoms with Gasteiger partial charge in [-0.1, -0.05) is 47.5 Å². The summed E-state index contributed by atoms with van der Waals surface area (Å²) in [4.78, 5) is 31.0. The van der Waals surface area contributed by atoms with Gasteiger partial charge in [0, 0.05) is 49.1 Å². The van der Waals surface area contributed by atoms with Crippen molar-refractivity contribution < 1.29 is 14.3 Å². The van der Waals surface area contributed by atoms with Gasteiger partial charge in [0.05, 0.1) is 29.4 Å².